The number of rotatable bonds is 7. The molecule has 0 aliphatic rings. The summed E-state index contributed by atoms with van der Waals surface area (Å²) < 4.78 is 9.28. The highest BCUT2D eigenvalue weighted by molar-refractivity contribution is 7.14. The van der Waals surface area contributed by atoms with Crippen LogP contribution in [-0.4, -0.2) is 41.4 Å². The van der Waals surface area contributed by atoms with Gasteiger partial charge < -0.3 is 10.1 Å². The predicted molar refractivity (Wildman–Crippen MR) is 126 cm³/mol. The van der Waals surface area contributed by atoms with Crippen LogP contribution in [0.5, 0.6) is 5.88 Å². The Balaban J connectivity index is 1.60. The van der Waals surface area contributed by atoms with Crippen LogP contribution in [0.2, 0.25) is 0 Å². The Bertz CT molecular complexity index is 1220. The van der Waals surface area contributed by atoms with Gasteiger partial charge in [0, 0.05) is 29.6 Å². The van der Waals surface area contributed by atoms with Gasteiger partial charge in [-0.05, 0) is 13.3 Å². The van der Waals surface area contributed by atoms with Gasteiger partial charge in [0.05, 0.1) is 24.7 Å². The maximum absolute atomic E-state index is 5.48. The average Bonchev–Trinajstić information content (AvgIpc) is 3.48. The Morgan fingerprint density at radius 1 is 1.16 bits per heavy atom. The lowest BCUT2D eigenvalue weighted by molar-refractivity contribution is 0.394. The Morgan fingerprint density at radius 3 is 2.62 bits per heavy atom. The molecule has 0 amide bonds. The molecular formula is C22H28N8OS. The first-order valence-corrected chi connectivity index (χ1v) is 11.4. The number of anilines is 2. The summed E-state index contributed by atoms with van der Waals surface area (Å²) in [6.07, 6.45) is 6.27. The summed E-state index contributed by atoms with van der Waals surface area (Å²) in [5.74, 6) is 1.94. The fourth-order valence-electron chi connectivity index (χ4n) is 3.16. The first kappa shape index (κ1) is 21.9. The minimum atomic E-state index is -0.0227. The van der Waals surface area contributed by atoms with Crippen molar-refractivity contribution < 1.29 is 4.74 Å². The van der Waals surface area contributed by atoms with E-state index in [9.17, 15) is 0 Å². The van der Waals surface area contributed by atoms with Crippen LogP contribution in [0.25, 0.3) is 17.2 Å². The van der Waals surface area contributed by atoms with Gasteiger partial charge in [0.1, 0.15) is 23.5 Å². The summed E-state index contributed by atoms with van der Waals surface area (Å²) in [5.41, 5.74) is 3.29. The van der Waals surface area contributed by atoms with Gasteiger partial charge in [-0.2, -0.15) is 5.10 Å². The second kappa shape index (κ2) is 8.70. The van der Waals surface area contributed by atoms with Crippen molar-refractivity contribution in [3.05, 3.63) is 41.6 Å². The molecule has 4 aromatic rings. The highest BCUT2D eigenvalue weighted by Gasteiger charge is 2.20. The zero-order valence-corrected chi connectivity index (χ0v) is 20.1. The molecule has 32 heavy (non-hydrogen) atoms. The highest BCUT2D eigenvalue weighted by atomic mass is 32.1. The molecule has 0 unspecified atom stereocenters. The lowest BCUT2D eigenvalue weighted by atomic mass is 9.92. The summed E-state index contributed by atoms with van der Waals surface area (Å²) in [7, 11) is 1.58. The smallest absolute Gasteiger partial charge is 0.258 e. The van der Waals surface area contributed by atoms with Crippen LogP contribution in [0, 0.1) is 6.92 Å². The highest BCUT2D eigenvalue weighted by Crippen LogP contribution is 2.30. The zero-order chi connectivity index (χ0) is 22.9. The van der Waals surface area contributed by atoms with Crippen molar-refractivity contribution >= 4 is 22.3 Å². The molecule has 0 radical (unpaired) electrons. The van der Waals surface area contributed by atoms with Crippen LogP contribution in [0.15, 0.2) is 30.2 Å². The molecule has 0 aliphatic heterocycles. The van der Waals surface area contributed by atoms with Crippen molar-refractivity contribution in [3.63, 3.8) is 0 Å². The maximum atomic E-state index is 5.48. The molecule has 4 aromatic heterocycles. The van der Waals surface area contributed by atoms with E-state index >= 15 is 0 Å². The number of aromatic nitrogens is 7. The molecule has 0 saturated carbocycles. The molecule has 10 heteroatoms. The molecule has 0 bridgehead atoms. The van der Waals surface area contributed by atoms with E-state index in [1.165, 1.54) is 11.3 Å². The Kier molecular flexibility index (Phi) is 5.96. The first-order chi connectivity index (χ1) is 15.3. The van der Waals surface area contributed by atoms with E-state index < -0.39 is 0 Å². The molecule has 0 aromatic carbocycles. The van der Waals surface area contributed by atoms with Crippen molar-refractivity contribution in [2.45, 2.75) is 53.0 Å². The summed E-state index contributed by atoms with van der Waals surface area (Å²) in [6, 6.07) is 2.10. The second-order valence-corrected chi connectivity index (χ2v) is 9.42. The molecule has 4 heterocycles. The average molecular weight is 453 g/mol. The van der Waals surface area contributed by atoms with Crippen molar-refractivity contribution in [1.82, 2.24) is 34.3 Å². The van der Waals surface area contributed by atoms with Crippen molar-refractivity contribution in [3.8, 4) is 23.1 Å². The van der Waals surface area contributed by atoms with E-state index in [1.807, 2.05) is 23.2 Å². The normalized spacial score (nSPS) is 11.7. The summed E-state index contributed by atoms with van der Waals surface area (Å²) in [5, 5.41) is 10.9. The summed E-state index contributed by atoms with van der Waals surface area (Å²) >= 11 is 1.51. The lowest BCUT2D eigenvalue weighted by Gasteiger charge is -2.13. The molecule has 9 nitrogen and oxygen atoms in total. The summed E-state index contributed by atoms with van der Waals surface area (Å²) in [4.78, 5) is 18.1. The van der Waals surface area contributed by atoms with Crippen LogP contribution >= 0.6 is 11.3 Å². The van der Waals surface area contributed by atoms with E-state index in [0.29, 0.717) is 17.4 Å². The topological polar surface area (TPSA) is 95.6 Å². The van der Waals surface area contributed by atoms with Gasteiger partial charge in [-0.25, -0.2) is 24.6 Å². The lowest BCUT2D eigenvalue weighted by Crippen LogP contribution is -2.13. The third kappa shape index (κ3) is 4.50. The number of hydrogen-bond donors (Lipinski definition) is 1. The number of nitrogens with zero attached hydrogens (tertiary/aromatic N) is 7. The number of hydrogen-bond acceptors (Lipinski definition) is 8. The third-order valence-corrected chi connectivity index (χ3v) is 5.62. The monoisotopic (exact) mass is 452 g/mol. The van der Waals surface area contributed by atoms with E-state index in [2.05, 4.69) is 54.0 Å². The molecule has 4 rings (SSSR count). The third-order valence-electron chi connectivity index (χ3n) is 4.86. The molecule has 0 aliphatic carbocycles. The standard InChI is InChI=1S/C22H28N8OS/c1-7-8-30-18(9-17(28-30)22(3,4)5)27-21-26-16(12-32-21)15-10-23-19(20(25-15)31-6)29-11-14(2)24-13-29/h9-13H,7-8H2,1-6H3,(H,26,27). The van der Waals surface area contributed by atoms with E-state index in [1.54, 1.807) is 24.2 Å². The fourth-order valence-corrected chi connectivity index (χ4v) is 3.88. The van der Waals surface area contributed by atoms with Crippen LogP contribution in [0.1, 0.15) is 45.5 Å². The number of ether oxygens (including phenoxy) is 1. The molecule has 168 valence electrons. The van der Waals surface area contributed by atoms with Gasteiger partial charge >= 0.3 is 0 Å². The van der Waals surface area contributed by atoms with Crippen molar-refractivity contribution in [2.24, 2.45) is 0 Å². The Morgan fingerprint density at radius 2 is 1.97 bits per heavy atom. The van der Waals surface area contributed by atoms with E-state index in [-0.39, 0.29) is 5.41 Å². The quantitative estimate of drug-likeness (QED) is 0.432. The van der Waals surface area contributed by atoms with Gasteiger partial charge in [0.25, 0.3) is 5.88 Å². The summed E-state index contributed by atoms with van der Waals surface area (Å²) in [6.45, 7) is 11.4. The van der Waals surface area contributed by atoms with Gasteiger partial charge in [-0.3, -0.25) is 4.57 Å². The van der Waals surface area contributed by atoms with Gasteiger partial charge in [-0.1, -0.05) is 27.7 Å². The SMILES string of the molecule is CCCn1nc(C(C)(C)C)cc1Nc1nc(-c2cnc(-n3cnc(C)c3)c(OC)n2)cs1. The van der Waals surface area contributed by atoms with Crippen molar-refractivity contribution in [1.29, 1.82) is 0 Å². The predicted octanol–water partition coefficient (Wildman–Crippen LogP) is 4.75. The van der Waals surface area contributed by atoms with Crippen LogP contribution in [-0.2, 0) is 12.0 Å². The molecule has 0 saturated heterocycles. The van der Waals surface area contributed by atoms with Crippen LogP contribution in [0.4, 0.5) is 10.9 Å². The number of methoxy groups -OCH3 is 1. The molecule has 0 spiro atoms. The molecule has 0 fully saturated rings. The van der Waals surface area contributed by atoms with Gasteiger partial charge in [-0.15, -0.1) is 11.3 Å². The number of aryl methyl sites for hydroxylation is 2. The van der Waals surface area contributed by atoms with Crippen molar-refractivity contribution in [2.75, 3.05) is 12.4 Å². The number of imidazole rings is 1. The van der Waals surface area contributed by atoms with E-state index in [4.69, 9.17) is 14.8 Å². The largest absolute Gasteiger partial charge is 0.478 e. The minimum Gasteiger partial charge on any atom is -0.478 e. The first-order valence-electron chi connectivity index (χ1n) is 10.5. The Labute approximate surface area is 191 Å². The molecular weight excluding hydrogens is 424 g/mol. The second-order valence-electron chi connectivity index (χ2n) is 8.56. The number of thiazole rings is 1. The fraction of sp³-hybridized carbons (Fsp3) is 0.409. The Hall–Kier alpha value is -3.27. The maximum Gasteiger partial charge on any atom is 0.258 e. The van der Waals surface area contributed by atoms with Crippen LogP contribution in [0.3, 0.4) is 0 Å². The van der Waals surface area contributed by atoms with Gasteiger partial charge in [0.15, 0.2) is 5.13 Å². The minimum absolute atomic E-state index is 0.0227. The zero-order valence-electron chi connectivity index (χ0n) is 19.2. The molecule has 1 N–H and O–H groups in total. The van der Waals surface area contributed by atoms with E-state index in [0.717, 1.165) is 41.0 Å². The van der Waals surface area contributed by atoms with Gasteiger partial charge in [0.2, 0.25) is 5.82 Å². The number of nitrogens with one attached hydrogen (secondary N) is 1. The van der Waals surface area contributed by atoms with Crippen LogP contribution < -0.4 is 10.1 Å². The molecule has 0 atom stereocenters.